The fourth-order valence-electron chi connectivity index (χ4n) is 4.31. The molecule has 0 aliphatic heterocycles. The standard InChI is InChI=1S/C25H25BrFN7O3/c1-25(2,37-22-9-17(26)12-28-24(22)34(35)36)20-10-18(27)6-7-19(20)23-21(30-32(3)31-23)8-16-11-29-33(14-16)13-15-4-5-15/h6-7,9-12,14-15H,4-5,8,13H2,1-3H3. The van der Waals surface area contributed by atoms with Crippen LogP contribution in [-0.4, -0.2) is 34.7 Å². The Bertz CT molecular complexity index is 1480. The van der Waals surface area contributed by atoms with Gasteiger partial charge in [-0.3, -0.25) is 4.68 Å². The van der Waals surface area contributed by atoms with Gasteiger partial charge in [0.15, 0.2) is 6.20 Å². The number of aryl methyl sites for hydroxylation is 1. The first-order valence-electron chi connectivity index (χ1n) is 11.8. The Balaban J connectivity index is 1.51. The van der Waals surface area contributed by atoms with Gasteiger partial charge in [0, 0.05) is 43.4 Å². The smallest absolute Gasteiger partial charge is 0.406 e. The van der Waals surface area contributed by atoms with Gasteiger partial charge in [-0.1, -0.05) is 0 Å². The van der Waals surface area contributed by atoms with Crippen molar-refractivity contribution < 1.29 is 14.1 Å². The van der Waals surface area contributed by atoms with Crippen molar-refractivity contribution in [3.63, 3.8) is 0 Å². The molecule has 0 spiro atoms. The first kappa shape index (κ1) is 25.0. The van der Waals surface area contributed by atoms with Gasteiger partial charge >= 0.3 is 5.82 Å². The van der Waals surface area contributed by atoms with Gasteiger partial charge in [-0.2, -0.15) is 20.1 Å². The number of hydrogen-bond acceptors (Lipinski definition) is 7. The van der Waals surface area contributed by atoms with Crippen molar-refractivity contribution in [2.45, 2.75) is 45.3 Å². The molecular formula is C25H25BrFN7O3. The van der Waals surface area contributed by atoms with E-state index in [1.807, 2.05) is 17.1 Å². The third kappa shape index (κ3) is 5.53. The van der Waals surface area contributed by atoms with Crippen LogP contribution in [0, 0.1) is 21.8 Å². The maximum atomic E-state index is 14.5. The molecule has 1 aliphatic carbocycles. The predicted molar refractivity (Wildman–Crippen MR) is 136 cm³/mol. The Morgan fingerprint density at radius 2 is 2.03 bits per heavy atom. The summed E-state index contributed by atoms with van der Waals surface area (Å²) in [7, 11) is 1.73. The zero-order valence-electron chi connectivity index (χ0n) is 20.6. The molecule has 0 radical (unpaired) electrons. The van der Waals surface area contributed by atoms with Crippen molar-refractivity contribution in [2.24, 2.45) is 13.0 Å². The molecule has 37 heavy (non-hydrogen) atoms. The minimum Gasteiger partial charge on any atom is -0.475 e. The summed E-state index contributed by atoms with van der Waals surface area (Å²) in [6, 6.07) is 5.81. The van der Waals surface area contributed by atoms with Crippen molar-refractivity contribution >= 4 is 21.7 Å². The van der Waals surface area contributed by atoms with Gasteiger partial charge in [-0.25, -0.2) is 4.39 Å². The number of ether oxygens (including phenoxy) is 1. The molecule has 1 aromatic carbocycles. The summed E-state index contributed by atoms with van der Waals surface area (Å²) >= 11 is 3.28. The lowest BCUT2D eigenvalue weighted by molar-refractivity contribution is -0.391. The van der Waals surface area contributed by atoms with Crippen LogP contribution in [0.1, 0.15) is 43.5 Å². The van der Waals surface area contributed by atoms with Crippen molar-refractivity contribution in [1.82, 2.24) is 29.8 Å². The van der Waals surface area contributed by atoms with Gasteiger partial charge < -0.3 is 14.9 Å². The van der Waals surface area contributed by atoms with E-state index in [4.69, 9.17) is 4.74 Å². The largest absolute Gasteiger partial charge is 0.475 e. The normalized spacial score (nSPS) is 13.6. The van der Waals surface area contributed by atoms with Crippen molar-refractivity contribution in [3.05, 3.63) is 80.1 Å². The van der Waals surface area contributed by atoms with Crippen LogP contribution < -0.4 is 4.74 Å². The maximum Gasteiger partial charge on any atom is 0.406 e. The Labute approximate surface area is 220 Å². The monoisotopic (exact) mass is 569 g/mol. The number of hydrogen-bond donors (Lipinski definition) is 0. The van der Waals surface area contributed by atoms with Crippen LogP contribution in [0.2, 0.25) is 0 Å². The minimum absolute atomic E-state index is 0.0398. The van der Waals surface area contributed by atoms with E-state index in [1.54, 1.807) is 27.0 Å². The second kappa shape index (κ2) is 9.66. The van der Waals surface area contributed by atoms with Crippen LogP contribution in [0.25, 0.3) is 11.3 Å². The Kier molecular flexibility index (Phi) is 6.52. The summed E-state index contributed by atoms with van der Waals surface area (Å²) in [6.07, 6.45) is 8.16. The Hall–Kier alpha value is -3.67. The van der Waals surface area contributed by atoms with Crippen LogP contribution in [0.3, 0.4) is 0 Å². The van der Waals surface area contributed by atoms with E-state index in [9.17, 15) is 14.5 Å². The highest BCUT2D eigenvalue weighted by Gasteiger charge is 2.32. The molecule has 4 aromatic rings. The lowest BCUT2D eigenvalue weighted by Crippen LogP contribution is -2.27. The number of nitro groups is 1. The minimum atomic E-state index is -1.19. The summed E-state index contributed by atoms with van der Waals surface area (Å²) in [5, 5.41) is 25.2. The maximum absolute atomic E-state index is 14.5. The number of rotatable bonds is 9. The molecule has 12 heteroatoms. The van der Waals surface area contributed by atoms with E-state index in [0.717, 1.165) is 12.1 Å². The summed E-state index contributed by atoms with van der Waals surface area (Å²) in [5.41, 5.74) is 2.17. The molecule has 1 saturated carbocycles. The lowest BCUT2D eigenvalue weighted by Gasteiger charge is -2.28. The van der Waals surface area contributed by atoms with E-state index < -0.39 is 22.2 Å². The number of aromatic nitrogens is 6. The van der Waals surface area contributed by atoms with Crippen molar-refractivity contribution in [2.75, 3.05) is 0 Å². The molecule has 0 saturated heterocycles. The molecule has 3 heterocycles. The molecule has 1 aliphatic rings. The van der Waals surface area contributed by atoms with E-state index in [1.165, 1.54) is 42.0 Å². The van der Waals surface area contributed by atoms with E-state index in [-0.39, 0.29) is 5.75 Å². The van der Waals surface area contributed by atoms with E-state index in [2.05, 4.69) is 36.2 Å². The highest BCUT2D eigenvalue weighted by Crippen LogP contribution is 2.39. The zero-order chi connectivity index (χ0) is 26.3. The zero-order valence-corrected chi connectivity index (χ0v) is 22.1. The van der Waals surface area contributed by atoms with Crippen molar-refractivity contribution in [3.8, 4) is 17.0 Å². The summed E-state index contributed by atoms with van der Waals surface area (Å²) < 4.78 is 23.1. The molecule has 0 bridgehead atoms. The second-order valence-corrected chi connectivity index (χ2v) is 10.6. The highest BCUT2D eigenvalue weighted by atomic mass is 79.9. The van der Waals surface area contributed by atoms with Gasteiger partial charge in [0.2, 0.25) is 5.75 Å². The Morgan fingerprint density at radius 3 is 2.76 bits per heavy atom. The fraction of sp³-hybridized carbons (Fsp3) is 0.360. The molecule has 1 fully saturated rings. The predicted octanol–water partition coefficient (Wildman–Crippen LogP) is 5.20. The summed E-state index contributed by atoms with van der Waals surface area (Å²) in [6.45, 7) is 4.35. The van der Waals surface area contributed by atoms with Gasteiger partial charge in [0.1, 0.15) is 17.1 Å². The van der Waals surface area contributed by atoms with Crippen LogP contribution >= 0.6 is 15.9 Å². The first-order valence-corrected chi connectivity index (χ1v) is 12.6. The van der Waals surface area contributed by atoms with Crippen LogP contribution in [0.4, 0.5) is 10.2 Å². The molecule has 10 nitrogen and oxygen atoms in total. The molecule has 192 valence electrons. The average Bonchev–Trinajstić information content (AvgIpc) is 3.41. The molecular weight excluding hydrogens is 545 g/mol. The average molecular weight is 570 g/mol. The van der Waals surface area contributed by atoms with E-state index >= 15 is 0 Å². The van der Waals surface area contributed by atoms with Gasteiger partial charge in [0.05, 0.1) is 16.4 Å². The second-order valence-electron chi connectivity index (χ2n) is 9.71. The van der Waals surface area contributed by atoms with Crippen LogP contribution in [-0.2, 0) is 25.6 Å². The van der Waals surface area contributed by atoms with Gasteiger partial charge in [0.25, 0.3) is 0 Å². The molecule has 5 rings (SSSR count). The quantitative estimate of drug-likeness (QED) is 0.201. The molecule has 0 unspecified atom stereocenters. The lowest BCUT2D eigenvalue weighted by atomic mass is 9.90. The van der Waals surface area contributed by atoms with Crippen LogP contribution in [0.15, 0.2) is 47.3 Å². The highest BCUT2D eigenvalue weighted by molar-refractivity contribution is 9.10. The molecule has 3 aromatic heterocycles. The van der Waals surface area contributed by atoms with Gasteiger partial charge in [-0.15, -0.1) is 0 Å². The van der Waals surface area contributed by atoms with Gasteiger partial charge in [-0.05, 0) is 82.2 Å². The number of halogens is 2. The van der Waals surface area contributed by atoms with Crippen molar-refractivity contribution in [1.29, 1.82) is 0 Å². The topological polar surface area (TPSA) is 114 Å². The Morgan fingerprint density at radius 1 is 1.24 bits per heavy atom. The fourth-order valence-corrected chi connectivity index (χ4v) is 4.62. The third-order valence-electron chi connectivity index (χ3n) is 6.21. The number of nitrogens with zero attached hydrogens (tertiary/aromatic N) is 7. The molecule has 0 atom stereocenters. The SMILES string of the molecule is Cn1nc(Cc2cnn(CC3CC3)c2)c(-c2ccc(F)cc2C(C)(C)Oc2cc(Br)cnc2[N+](=O)[O-])n1. The van der Waals surface area contributed by atoms with Crippen LogP contribution in [0.5, 0.6) is 5.75 Å². The molecule has 0 amide bonds. The number of pyridine rings is 1. The third-order valence-corrected chi connectivity index (χ3v) is 6.64. The summed E-state index contributed by atoms with van der Waals surface area (Å²) in [4.78, 5) is 16.3. The first-order chi connectivity index (χ1) is 17.6. The van der Waals surface area contributed by atoms with E-state index in [0.29, 0.717) is 39.3 Å². The summed E-state index contributed by atoms with van der Waals surface area (Å²) in [5.74, 6) is -0.233. The molecule has 0 N–H and O–H groups in total. The number of benzene rings is 1.